The molecule has 2 saturated heterocycles. The summed E-state index contributed by atoms with van der Waals surface area (Å²) in [5, 5.41) is 7.79. The molecule has 0 bridgehead atoms. The molecule has 7 nitrogen and oxygen atoms in total. The van der Waals surface area contributed by atoms with Crippen molar-refractivity contribution in [2.45, 2.75) is 32.4 Å². The highest BCUT2D eigenvalue weighted by atomic mass is 16.5. The molecule has 0 unspecified atom stereocenters. The van der Waals surface area contributed by atoms with Crippen molar-refractivity contribution >= 4 is 5.91 Å². The normalized spacial score (nSPS) is 20.8. The van der Waals surface area contributed by atoms with Crippen LogP contribution in [-0.2, 0) is 24.4 Å². The molecule has 2 atom stereocenters. The molecule has 0 aliphatic carbocycles. The van der Waals surface area contributed by atoms with Crippen LogP contribution in [0.1, 0.15) is 29.9 Å². The highest BCUT2D eigenvalue weighted by molar-refractivity contribution is 5.76. The first-order chi connectivity index (χ1) is 17.7. The van der Waals surface area contributed by atoms with E-state index in [0.29, 0.717) is 30.8 Å². The molecule has 0 saturated carbocycles. The number of rotatable bonds is 9. The topological polar surface area (TPSA) is 70.8 Å². The summed E-state index contributed by atoms with van der Waals surface area (Å²) in [7, 11) is 0. The SMILES string of the molecule is O=C(C[C@H]1CCNC[C@@H]1Cc1cc(COc2ccccc2)on1)N1CCN(Cc2ccccc2)CC1. The number of hydrogen-bond acceptors (Lipinski definition) is 6. The number of nitrogens with one attached hydrogen (secondary N) is 1. The predicted molar refractivity (Wildman–Crippen MR) is 138 cm³/mol. The third kappa shape index (κ3) is 6.74. The number of ether oxygens (including phenoxy) is 1. The van der Waals surface area contributed by atoms with Gasteiger partial charge in [-0.05, 0) is 55.5 Å². The van der Waals surface area contributed by atoms with Gasteiger partial charge in [-0.25, -0.2) is 0 Å². The summed E-state index contributed by atoms with van der Waals surface area (Å²) in [6.07, 6.45) is 2.45. The highest BCUT2D eigenvalue weighted by Gasteiger charge is 2.30. The number of para-hydroxylation sites is 1. The molecule has 1 amide bonds. The van der Waals surface area contributed by atoms with E-state index in [1.807, 2.05) is 36.4 Å². The van der Waals surface area contributed by atoms with Crippen LogP contribution in [0.15, 0.2) is 71.3 Å². The molecule has 190 valence electrons. The molecule has 36 heavy (non-hydrogen) atoms. The van der Waals surface area contributed by atoms with Crippen molar-refractivity contribution in [2.75, 3.05) is 39.3 Å². The van der Waals surface area contributed by atoms with Crippen LogP contribution < -0.4 is 10.1 Å². The number of piperidine rings is 1. The number of benzene rings is 2. The van der Waals surface area contributed by atoms with E-state index < -0.39 is 0 Å². The van der Waals surface area contributed by atoms with Crippen LogP contribution in [0, 0.1) is 11.8 Å². The average Bonchev–Trinajstić information content (AvgIpc) is 3.37. The standard InChI is InChI=1S/C29H36N4O3/c34-29(33-15-13-32(14-16-33)21-23-7-3-1-4-8-23)18-24-11-12-30-20-25(24)17-26-19-28(36-31-26)22-35-27-9-5-2-6-10-27/h1-10,19,24-25,30H,11-18,20-22H2/t24-,25+/m1/s1. The van der Waals surface area contributed by atoms with Crippen molar-refractivity contribution in [3.63, 3.8) is 0 Å². The summed E-state index contributed by atoms with van der Waals surface area (Å²) in [6.45, 7) is 6.68. The van der Waals surface area contributed by atoms with E-state index in [0.717, 1.165) is 75.9 Å². The molecule has 2 fully saturated rings. The summed E-state index contributed by atoms with van der Waals surface area (Å²) in [4.78, 5) is 17.7. The Morgan fingerprint density at radius 3 is 2.53 bits per heavy atom. The van der Waals surface area contributed by atoms with Crippen LogP contribution in [0.4, 0.5) is 0 Å². The van der Waals surface area contributed by atoms with Gasteiger partial charge in [0.1, 0.15) is 12.4 Å². The van der Waals surface area contributed by atoms with Crippen LogP contribution in [-0.4, -0.2) is 60.1 Å². The van der Waals surface area contributed by atoms with Gasteiger partial charge in [-0.1, -0.05) is 53.7 Å². The number of carbonyl (C=O) groups is 1. The Kier molecular flexibility index (Phi) is 8.31. The van der Waals surface area contributed by atoms with Crippen LogP contribution in [0.2, 0.25) is 0 Å². The van der Waals surface area contributed by atoms with Crippen molar-refractivity contribution in [1.82, 2.24) is 20.3 Å². The highest BCUT2D eigenvalue weighted by Crippen LogP contribution is 2.27. The number of carbonyl (C=O) groups excluding carboxylic acids is 1. The number of piperazine rings is 1. The fourth-order valence-electron chi connectivity index (χ4n) is 5.30. The maximum absolute atomic E-state index is 13.2. The maximum atomic E-state index is 13.2. The molecular formula is C29H36N4O3. The summed E-state index contributed by atoms with van der Waals surface area (Å²) in [5.74, 6) is 2.56. The van der Waals surface area contributed by atoms with Gasteiger partial charge in [-0.2, -0.15) is 0 Å². The summed E-state index contributed by atoms with van der Waals surface area (Å²) < 4.78 is 11.3. The first-order valence-electron chi connectivity index (χ1n) is 13.1. The third-order valence-corrected chi connectivity index (χ3v) is 7.38. The summed E-state index contributed by atoms with van der Waals surface area (Å²) in [6, 6.07) is 22.3. The largest absolute Gasteiger partial charge is 0.486 e. The van der Waals surface area contributed by atoms with Gasteiger partial charge in [-0.15, -0.1) is 0 Å². The Morgan fingerprint density at radius 2 is 1.75 bits per heavy atom. The zero-order chi connectivity index (χ0) is 24.6. The van der Waals surface area contributed by atoms with Crippen molar-refractivity contribution in [3.05, 3.63) is 83.7 Å². The van der Waals surface area contributed by atoms with Gasteiger partial charge in [0.25, 0.3) is 0 Å². The molecule has 2 aromatic carbocycles. The van der Waals surface area contributed by atoms with Crippen LogP contribution in [0.25, 0.3) is 0 Å². The van der Waals surface area contributed by atoms with E-state index in [4.69, 9.17) is 9.26 Å². The Morgan fingerprint density at radius 1 is 1.00 bits per heavy atom. The van der Waals surface area contributed by atoms with Crippen LogP contribution >= 0.6 is 0 Å². The lowest BCUT2D eigenvalue weighted by atomic mass is 9.81. The molecule has 1 aromatic heterocycles. The molecule has 3 heterocycles. The predicted octanol–water partition coefficient (Wildman–Crippen LogP) is 3.76. The fraction of sp³-hybridized carbons (Fsp3) is 0.448. The van der Waals surface area contributed by atoms with Gasteiger partial charge >= 0.3 is 0 Å². The molecule has 5 rings (SSSR count). The smallest absolute Gasteiger partial charge is 0.222 e. The van der Waals surface area contributed by atoms with Gasteiger partial charge in [0, 0.05) is 45.2 Å². The number of amides is 1. The maximum Gasteiger partial charge on any atom is 0.222 e. The van der Waals surface area contributed by atoms with E-state index in [2.05, 4.69) is 50.6 Å². The van der Waals surface area contributed by atoms with E-state index in [-0.39, 0.29) is 0 Å². The van der Waals surface area contributed by atoms with E-state index in [1.165, 1.54) is 5.56 Å². The lowest BCUT2D eigenvalue weighted by molar-refractivity contribution is -0.134. The number of hydrogen-bond donors (Lipinski definition) is 1. The van der Waals surface area contributed by atoms with Gasteiger partial charge in [0.05, 0.1) is 5.69 Å². The second-order valence-corrected chi connectivity index (χ2v) is 9.95. The van der Waals surface area contributed by atoms with E-state index in [1.54, 1.807) is 0 Å². The van der Waals surface area contributed by atoms with Gasteiger partial charge < -0.3 is 19.5 Å². The molecule has 0 radical (unpaired) electrons. The molecule has 2 aliphatic rings. The minimum absolute atomic E-state index is 0.295. The number of aromatic nitrogens is 1. The first-order valence-corrected chi connectivity index (χ1v) is 13.1. The Bertz CT molecular complexity index is 1080. The lowest BCUT2D eigenvalue weighted by Crippen LogP contribution is -2.49. The molecule has 3 aromatic rings. The molecule has 0 spiro atoms. The van der Waals surface area contributed by atoms with Crippen LogP contribution in [0.5, 0.6) is 5.75 Å². The summed E-state index contributed by atoms with van der Waals surface area (Å²) in [5.41, 5.74) is 2.26. The van der Waals surface area contributed by atoms with Gasteiger partial charge in [0.2, 0.25) is 5.91 Å². The second kappa shape index (κ2) is 12.2. The Hall–Kier alpha value is -3.16. The molecule has 7 heteroatoms. The quantitative estimate of drug-likeness (QED) is 0.495. The Balaban J connectivity index is 1.09. The van der Waals surface area contributed by atoms with E-state index in [9.17, 15) is 4.79 Å². The van der Waals surface area contributed by atoms with Gasteiger partial charge in [-0.3, -0.25) is 9.69 Å². The average molecular weight is 489 g/mol. The monoisotopic (exact) mass is 488 g/mol. The second-order valence-electron chi connectivity index (χ2n) is 9.95. The molecule has 2 aliphatic heterocycles. The third-order valence-electron chi connectivity index (χ3n) is 7.38. The Labute approximate surface area is 213 Å². The van der Waals surface area contributed by atoms with Crippen molar-refractivity contribution in [1.29, 1.82) is 0 Å². The van der Waals surface area contributed by atoms with Crippen molar-refractivity contribution in [2.24, 2.45) is 11.8 Å². The van der Waals surface area contributed by atoms with Crippen LogP contribution in [0.3, 0.4) is 0 Å². The van der Waals surface area contributed by atoms with E-state index >= 15 is 0 Å². The fourth-order valence-corrected chi connectivity index (χ4v) is 5.30. The minimum atomic E-state index is 0.295. The number of nitrogens with zero attached hydrogens (tertiary/aromatic N) is 3. The van der Waals surface area contributed by atoms with Crippen molar-refractivity contribution < 1.29 is 14.1 Å². The molecule has 1 N–H and O–H groups in total. The van der Waals surface area contributed by atoms with Gasteiger partial charge in [0.15, 0.2) is 5.76 Å². The minimum Gasteiger partial charge on any atom is -0.486 e. The lowest BCUT2D eigenvalue weighted by Gasteiger charge is -2.37. The molecular weight excluding hydrogens is 452 g/mol. The zero-order valence-corrected chi connectivity index (χ0v) is 20.9. The summed E-state index contributed by atoms with van der Waals surface area (Å²) >= 11 is 0. The first kappa shape index (κ1) is 24.5. The zero-order valence-electron chi connectivity index (χ0n) is 20.9. The van der Waals surface area contributed by atoms with Crippen molar-refractivity contribution in [3.8, 4) is 5.75 Å².